The number of thiophene rings is 1. The van der Waals surface area contributed by atoms with Crippen molar-refractivity contribution in [2.75, 3.05) is 27.4 Å². The zero-order chi connectivity index (χ0) is 16.9. The summed E-state index contributed by atoms with van der Waals surface area (Å²) >= 11 is 1.54. The highest BCUT2D eigenvalue weighted by molar-refractivity contribution is 7.11. The first kappa shape index (κ1) is 16.7. The minimum Gasteiger partial charge on any atom is -0.493 e. The van der Waals surface area contributed by atoms with Gasteiger partial charge in [-0.05, 0) is 41.8 Å². The zero-order valence-corrected chi connectivity index (χ0v) is 14.3. The van der Waals surface area contributed by atoms with Crippen LogP contribution in [-0.2, 0) is 9.47 Å². The molecular formula is C18H18O5S. The number of ether oxygens (including phenoxy) is 4. The Kier molecular flexibility index (Phi) is 5.30. The lowest BCUT2D eigenvalue weighted by molar-refractivity contribution is -0.0439. The van der Waals surface area contributed by atoms with Crippen LogP contribution in [0, 0.1) is 0 Å². The van der Waals surface area contributed by atoms with Crippen molar-refractivity contribution in [2.45, 2.75) is 6.29 Å². The lowest BCUT2D eigenvalue weighted by atomic mass is 10.1. The predicted octanol–water partition coefficient (Wildman–Crippen LogP) is 3.71. The molecule has 1 fully saturated rings. The van der Waals surface area contributed by atoms with Crippen molar-refractivity contribution in [3.05, 3.63) is 51.7 Å². The fourth-order valence-electron chi connectivity index (χ4n) is 2.44. The van der Waals surface area contributed by atoms with Crippen LogP contribution in [0.5, 0.6) is 11.5 Å². The van der Waals surface area contributed by atoms with E-state index in [2.05, 4.69) is 0 Å². The monoisotopic (exact) mass is 346 g/mol. The summed E-state index contributed by atoms with van der Waals surface area (Å²) in [5.41, 5.74) is 1.49. The van der Waals surface area contributed by atoms with Gasteiger partial charge in [-0.25, -0.2) is 0 Å². The van der Waals surface area contributed by atoms with Gasteiger partial charge in [0.1, 0.15) is 0 Å². The van der Waals surface area contributed by atoms with Gasteiger partial charge in [-0.15, -0.1) is 11.3 Å². The fourth-order valence-corrected chi connectivity index (χ4v) is 3.24. The molecule has 3 rings (SSSR count). The molecule has 24 heavy (non-hydrogen) atoms. The smallest absolute Gasteiger partial charge is 0.186 e. The van der Waals surface area contributed by atoms with Crippen LogP contribution in [-0.4, -0.2) is 33.2 Å². The second-order valence-corrected chi connectivity index (χ2v) is 6.03. The Hall–Kier alpha value is -2.15. The minimum atomic E-state index is -0.341. The topological polar surface area (TPSA) is 54.0 Å². The molecule has 6 heteroatoms. The number of allylic oxidation sites excluding steroid dienone is 1. The van der Waals surface area contributed by atoms with Crippen molar-refractivity contribution in [1.82, 2.24) is 0 Å². The van der Waals surface area contributed by atoms with Crippen LogP contribution in [0.3, 0.4) is 0 Å². The molecule has 0 radical (unpaired) electrons. The number of methoxy groups -OCH3 is 2. The summed E-state index contributed by atoms with van der Waals surface area (Å²) in [5.74, 6) is 1.01. The van der Waals surface area contributed by atoms with E-state index in [0.717, 1.165) is 10.4 Å². The summed E-state index contributed by atoms with van der Waals surface area (Å²) in [6.45, 7) is 1.18. The second-order valence-electron chi connectivity index (χ2n) is 5.08. The van der Waals surface area contributed by atoms with Crippen molar-refractivity contribution < 1.29 is 23.7 Å². The van der Waals surface area contributed by atoms with Gasteiger partial charge in [0.15, 0.2) is 23.6 Å². The van der Waals surface area contributed by atoms with E-state index in [0.29, 0.717) is 30.3 Å². The van der Waals surface area contributed by atoms with Gasteiger partial charge in [0.05, 0.1) is 27.4 Å². The maximum Gasteiger partial charge on any atom is 0.186 e. The molecule has 0 amide bonds. The summed E-state index contributed by atoms with van der Waals surface area (Å²) in [6, 6.07) is 7.06. The van der Waals surface area contributed by atoms with Gasteiger partial charge in [-0.2, -0.15) is 0 Å². The number of carbonyl (C=O) groups is 1. The maximum absolute atomic E-state index is 12.4. The van der Waals surface area contributed by atoms with Crippen molar-refractivity contribution in [3.63, 3.8) is 0 Å². The zero-order valence-electron chi connectivity index (χ0n) is 13.5. The Labute approximate surface area is 144 Å². The maximum atomic E-state index is 12.4. The number of rotatable bonds is 6. The van der Waals surface area contributed by atoms with E-state index in [9.17, 15) is 4.79 Å². The van der Waals surface area contributed by atoms with Gasteiger partial charge in [0, 0.05) is 16.0 Å². The van der Waals surface area contributed by atoms with Crippen LogP contribution < -0.4 is 9.47 Å². The van der Waals surface area contributed by atoms with Gasteiger partial charge >= 0.3 is 0 Å². The van der Waals surface area contributed by atoms with E-state index in [-0.39, 0.29) is 12.1 Å². The molecule has 0 N–H and O–H groups in total. The summed E-state index contributed by atoms with van der Waals surface area (Å²) in [5, 5.41) is 1.96. The standard InChI is InChI=1S/C18H18O5S/c1-20-15-5-3-12(11-16(15)21-2)14(19)4-6-17-13(7-10-24-17)18-22-8-9-23-18/h3-7,10-11,18H,8-9H2,1-2H3/b6-4+. The van der Waals surface area contributed by atoms with Gasteiger partial charge in [0.2, 0.25) is 0 Å². The van der Waals surface area contributed by atoms with Crippen LogP contribution in [0.2, 0.25) is 0 Å². The molecule has 0 spiro atoms. The average Bonchev–Trinajstić information content (AvgIpc) is 3.29. The summed E-state index contributed by atoms with van der Waals surface area (Å²) in [6.07, 6.45) is 3.00. The Morgan fingerprint density at radius 1 is 1.17 bits per heavy atom. The molecule has 1 saturated heterocycles. The SMILES string of the molecule is COc1ccc(C(=O)/C=C/c2sccc2C2OCCO2)cc1OC. The van der Waals surface area contributed by atoms with Crippen LogP contribution in [0.1, 0.15) is 27.1 Å². The van der Waals surface area contributed by atoms with Gasteiger partial charge in [-0.1, -0.05) is 0 Å². The van der Waals surface area contributed by atoms with Crippen molar-refractivity contribution in [3.8, 4) is 11.5 Å². The third kappa shape index (κ3) is 3.51. The van der Waals surface area contributed by atoms with Gasteiger partial charge in [-0.3, -0.25) is 4.79 Å². The number of hydrogen-bond acceptors (Lipinski definition) is 6. The van der Waals surface area contributed by atoms with Crippen molar-refractivity contribution >= 4 is 23.2 Å². The van der Waals surface area contributed by atoms with E-state index in [4.69, 9.17) is 18.9 Å². The Balaban J connectivity index is 1.77. The molecule has 126 valence electrons. The number of benzene rings is 1. The molecule has 2 aromatic rings. The molecular weight excluding hydrogens is 328 g/mol. The van der Waals surface area contributed by atoms with Gasteiger partial charge < -0.3 is 18.9 Å². The Morgan fingerprint density at radius 3 is 2.62 bits per heavy atom. The highest BCUT2D eigenvalue weighted by Gasteiger charge is 2.21. The first-order chi connectivity index (χ1) is 11.7. The van der Waals surface area contributed by atoms with Gasteiger partial charge in [0.25, 0.3) is 0 Å². The summed E-state index contributed by atoms with van der Waals surface area (Å²) in [7, 11) is 3.10. The Bertz CT molecular complexity index is 744. The molecule has 1 aliphatic heterocycles. The summed E-state index contributed by atoms with van der Waals surface area (Å²) < 4.78 is 21.5. The lowest BCUT2D eigenvalue weighted by Gasteiger charge is -2.08. The molecule has 1 aromatic carbocycles. The normalized spacial score (nSPS) is 15.1. The average molecular weight is 346 g/mol. The van der Waals surface area contributed by atoms with E-state index in [1.807, 2.05) is 11.4 Å². The Morgan fingerprint density at radius 2 is 1.92 bits per heavy atom. The van der Waals surface area contributed by atoms with E-state index in [1.54, 1.807) is 55.9 Å². The molecule has 1 aromatic heterocycles. The number of hydrogen-bond donors (Lipinski definition) is 0. The van der Waals surface area contributed by atoms with Crippen LogP contribution in [0.15, 0.2) is 35.7 Å². The van der Waals surface area contributed by atoms with Crippen molar-refractivity contribution in [1.29, 1.82) is 0 Å². The largest absolute Gasteiger partial charge is 0.493 e. The van der Waals surface area contributed by atoms with Crippen LogP contribution >= 0.6 is 11.3 Å². The number of carbonyl (C=O) groups excluding carboxylic acids is 1. The van der Waals surface area contributed by atoms with E-state index >= 15 is 0 Å². The van der Waals surface area contributed by atoms with Crippen molar-refractivity contribution in [2.24, 2.45) is 0 Å². The molecule has 0 saturated carbocycles. The predicted molar refractivity (Wildman–Crippen MR) is 91.9 cm³/mol. The fraction of sp³-hybridized carbons (Fsp3) is 0.278. The molecule has 0 bridgehead atoms. The third-order valence-electron chi connectivity index (χ3n) is 3.66. The highest BCUT2D eigenvalue weighted by atomic mass is 32.1. The first-order valence-electron chi connectivity index (χ1n) is 7.48. The molecule has 2 heterocycles. The lowest BCUT2D eigenvalue weighted by Crippen LogP contribution is -1.99. The molecule has 0 aliphatic carbocycles. The second kappa shape index (κ2) is 7.61. The molecule has 0 atom stereocenters. The first-order valence-corrected chi connectivity index (χ1v) is 8.36. The molecule has 0 unspecified atom stereocenters. The quantitative estimate of drug-likeness (QED) is 0.589. The number of ketones is 1. The van der Waals surface area contributed by atoms with E-state index in [1.165, 1.54) is 0 Å². The summed E-state index contributed by atoms with van der Waals surface area (Å²) in [4.78, 5) is 13.4. The highest BCUT2D eigenvalue weighted by Crippen LogP contribution is 2.31. The minimum absolute atomic E-state index is 0.108. The molecule has 5 nitrogen and oxygen atoms in total. The van der Waals surface area contributed by atoms with E-state index < -0.39 is 0 Å². The molecule has 1 aliphatic rings. The third-order valence-corrected chi connectivity index (χ3v) is 4.55. The van der Waals surface area contributed by atoms with Crippen LogP contribution in [0.4, 0.5) is 0 Å². The van der Waals surface area contributed by atoms with Crippen LogP contribution in [0.25, 0.3) is 6.08 Å².